The predicted octanol–water partition coefficient (Wildman–Crippen LogP) is 13.2. The number of hydrogen-bond donors (Lipinski definition) is 4. The van der Waals surface area contributed by atoms with Crippen molar-refractivity contribution in [1.29, 1.82) is 0 Å². The molecular formula is C102H158N10O13P+. The van der Waals surface area contributed by atoms with Gasteiger partial charge in [0.1, 0.15) is 59.4 Å². The van der Waals surface area contributed by atoms with Crippen molar-refractivity contribution in [2.24, 2.45) is 59.2 Å². The number of allylic oxidation sites excluding steroid dienone is 2. The molecule has 0 radical (unpaired) electrons. The van der Waals surface area contributed by atoms with Crippen molar-refractivity contribution in [3.8, 4) is 0 Å². The van der Waals surface area contributed by atoms with E-state index in [1.165, 1.54) is 106 Å². The Morgan fingerprint density at radius 1 is 0.452 bits per heavy atom. The monoisotopic (exact) mass is 1760 g/mol. The number of carbonyl (C=O) groups is 12. The molecule has 1 fully saturated rings. The Balaban J connectivity index is 1.49. The zero-order chi connectivity index (χ0) is 94.1. The number of amides is 9. The molecule has 1 saturated heterocycles. The standard InChI is InChI=1S/C102H157N10O13P/c1-25-27-44-73(15)93(116)92-90(115)65-77(26-2)97(120)109(21)87(64-76-51-53-78(54-52-76)95(118)104-57-42-29-28-40-55-103-56-41-33-43-58-126(79-45-34-30-35-46-79,80-47-36-31-37-48-80)81-49-38-32-39-50-81)100(123)107(19)84(60-68(5)6)89(114)66-82(71(11)12)98(121)106(18)83(59-67(3)4)88(113)63-74(16)94(117)105-75(17)96(119)108(20)85(61-69(7)8)99(122)110(22)86(62-70(9)10)101(124)111(23)91(72(13)14)102(125)112(92)24/h25,27,30-32,34-39,45-54,67-75,77,82-87,91-93,103,116H,26,28-29,33,40-44,55-66H2,1-24H3,(H-,104,105,117,118)/p+1/b27-25+/t73-,74-,75-,77-,82+,83+,84+,85+,86+,87?,91+,92-,93-/m1/s1. The maximum Gasteiger partial charge on any atom is 0.251 e. The molecule has 0 aliphatic carbocycles. The van der Waals surface area contributed by atoms with Crippen molar-refractivity contribution >= 4 is 93.7 Å². The summed E-state index contributed by atoms with van der Waals surface area (Å²) in [5.74, 6) is -12.1. The molecule has 4 aromatic carbocycles. The topological polar surface area (TPSA) is 284 Å². The van der Waals surface area contributed by atoms with E-state index in [0.717, 1.165) is 64.2 Å². The van der Waals surface area contributed by atoms with Gasteiger partial charge in [-0.1, -0.05) is 196 Å². The van der Waals surface area contributed by atoms with Gasteiger partial charge in [0.25, 0.3) is 5.91 Å². The molecule has 1 aliphatic heterocycles. The lowest BCUT2D eigenvalue weighted by atomic mass is 9.84. The molecular weight excluding hydrogens is 1600 g/mol. The zero-order valence-corrected chi connectivity index (χ0v) is 81.8. The Bertz CT molecular complexity index is 4060. The lowest BCUT2D eigenvalue weighted by Crippen LogP contribution is -2.61. The van der Waals surface area contributed by atoms with E-state index >= 15 is 38.4 Å². The van der Waals surface area contributed by atoms with Crippen molar-refractivity contribution in [2.45, 2.75) is 281 Å². The summed E-state index contributed by atoms with van der Waals surface area (Å²) >= 11 is 0. The van der Waals surface area contributed by atoms with Crippen LogP contribution in [0.5, 0.6) is 0 Å². The number of hydrogen-bond acceptors (Lipinski definition) is 14. The minimum Gasteiger partial charge on any atom is -0.390 e. The summed E-state index contributed by atoms with van der Waals surface area (Å²) in [5.41, 5.74) is 0.945. The summed E-state index contributed by atoms with van der Waals surface area (Å²) in [6, 6.07) is 30.0. The summed E-state index contributed by atoms with van der Waals surface area (Å²) in [4.78, 5) is 191. The molecule has 4 aromatic rings. The van der Waals surface area contributed by atoms with E-state index in [9.17, 15) is 24.3 Å². The second-order valence-electron chi connectivity index (χ2n) is 38.2. The first-order chi connectivity index (χ1) is 59.5. The minimum atomic E-state index is -1.87. The van der Waals surface area contributed by atoms with Crippen LogP contribution < -0.4 is 31.9 Å². The number of aliphatic hydroxyl groups is 1. The number of nitrogens with one attached hydrogen (secondary N) is 3. The number of aliphatic hydroxyl groups excluding tert-OH is 1. The molecule has 13 atom stereocenters. The Morgan fingerprint density at radius 3 is 1.33 bits per heavy atom. The second kappa shape index (κ2) is 52.6. The highest BCUT2D eigenvalue weighted by Gasteiger charge is 2.48. The number of ketones is 3. The maximum absolute atomic E-state index is 16.0. The molecule has 0 bridgehead atoms. The molecule has 0 saturated carbocycles. The zero-order valence-electron chi connectivity index (χ0n) is 80.9. The fourth-order valence-corrected chi connectivity index (χ4v) is 22.1. The molecule has 698 valence electrons. The van der Waals surface area contributed by atoms with Crippen LogP contribution in [0.3, 0.4) is 0 Å². The summed E-state index contributed by atoms with van der Waals surface area (Å²) in [5, 5.41) is 26.3. The van der Waals surface area contributed by atoms with Gasteiger partial charge in [0.15, 0.2) is 17.3 Å². The molecule has 24 heteroatoms. The van der Waals surface area contributed by atoms with Gasteiger partial charge in [0.05, 0.1) is 24.3 Å². The van der Waals surface area contributed by atoms with Gasteiger partial charge in [0, 0.05) is 105 Å². The average Bonchev–Trinajstić information content (AvgIpc) is 0.749. The van der Waals surface area contributed by atoms with Crippen LogP contribution in [0.15, 0.2) is 127 Å². The van der Waals surface area contributed by atoms with Crippen LogP contribution in [0.2, 0.25) is 0 Å². The summed E-state index contributed by atoms with van der Waals surface area (Å²) in [7, 11) is 8.46. The SMILES string of the molecule is C/C=C/C[C@@H](C)[C@@H](O)[C@H]1C(=O)C[C@@H](CC)C(=O)N(C)C(Cc2ccc(C(=O)NCCCCCCNCCCCC[P+](c3ccccc3)(c3ccccc3)c3ccccc3)cc2)C(=O)N(C)[C@@H](CC(C)C)C(=O)C[C@@H](C(C)C)C(=O)N(C)[C@@H](CC(C)C)C(=O)C[C@@H](C)C(=O)N[C@H](C)C(=O)N(C)[C@@H](CC(C)C)C(=O)N(C)[C@@H](CC(C)C)C(=O)N(C)[C@@H](C(C)C)C(=O)N1C. The molecule has 9 amide bonds. The van der Waals surface area contributed by atoms with Crippen LogP contribution >= 0.6 is 7.26 Å². The Morgan fingerprint density at radius 2 is 0.865 bits per heavy atom. The number of nitrogens with zero attached hydrogens (tertiary/aromatic N) is 7. The van der Waals surface area contributed by atoms with Crippen molar-refractivity contribution in [3.63, 3.8) is 0 Å². The molecule has 1 aliphatic rings. The molecule has 0 aromatic heterocycles. The van der Waals surface area contributed by atoms with E-state index in [0.29, 0.717) is 24.1 Å². The van der Waals surface area contributed by atoms with E-state index in [1.807, 2.05) is 88.3 Å². The van der Waals surface area contributed by atoms with Gasteiger partial charge in [-0.25, -0.2) is 0 Å². The molecule has 0 spiro atoms. The van der Waals surface area contributed by atoms with Crippen molar-refractivity contribution < 1.29 is 62.6 Å². The molecule has 126 heavy (non-hydrogen) atoms. The molecule has 23 nitrogen and oxygen atoms in total. The van der Waals surface area contributed by atoms with Crippen LogP contribution in [-0.4, -0.2) is 239 Å². The van der Waals surface area contributed by atoms with Crippen LogP contribution in [-0.2, 0) is 59.2 Å². The molecule has 5 rings (SSSR count). The van der Waals surface area contributed by atoms with Crippen molar-refractivity contribution in [3.05, 3.63) is 139 Å². The van der Waals surface area contributed by atoms with Crippen LogP contribution in [0, 0.1) is 59.2 Å². The van der Waals surface area contributed by atoms with Crippen molar-refractivity contribution in [1.82, 2.24) is 50.2 Å². The van der Waals surface area contributed by atoms with Crippen LogP contribution in [0.1, 0.15) is 236 Å². The van der Waals surface area contributed by atoms with Crippen LogP contribution in [0.4, 0.5) is 0 Å². The molecule has 4 N–H and O–H groups in total. The van der Waals surface area contributed by atoms with E-state index in [1.54, 1.807) is 58.9 Å². The number of likely N-dealkylation sites (N-methyl/N-ethyl adjacent to an activating group) is 7. The van der Waals surface area contributed by atoms with E-state index in [2.05, 4.69) is 107 Å². The summed E-state index contributed by atoms with van der Waals surface area (Å²) in [6.07, 6.45) is 10.1. The van der Waals surface area contributed by atoms with E-state index < -0.39 is 168 Å². The lowest BCUT2D eigenvalue weighted by Gasteiger charge is -2.41. The largest absolute Gasteiger partial charge is 0.390 e. The first-order valence-corrected chi connectivity index (χ1v) is 48.6. The normalized spacial score (nSPS) is 22.8. The first kappa shape index (κ1) is 108. The quantitative estimate of drug-likeness (QED) is 0.0192. The number of Topliss-reactive ketones (excluding diaryl/α,β-unsaturated/α-hetero) is 3. The van der Waals surface area contributed by atoms with E-state index in [-0.39, 0.29) is 80.9 Å². The number of rotatable bonds is 34. The molecule has 1 heterocycles. The highest BCUT2D eigenvalue weighted by molar-refractivity contribution is 7.95. The van der Waals surface area contributed by atoms with Gasteiger partial charge < -0.3 is 55.4 Å². The molecule has 1 unspecified atom stereocenters. The Hall–Kier alpha value is -8.79. The Labute approximate surface area is 756 Å². The minimum absolute atomic E-state index is 0.0629. The van der Waals surface area contributed by atoms with Gasteiger partial charge >= 0.3 is 0 Å². The van der Waals surface area contributed by atoms with Crippen molar-refractivity contribution in [2.75, 3.05) is 75.1 Å². The Kier molecular flexibility index (Phi) is 45.0. The van der Waals surface area contributed by atoms with Crippen LogP contribution in [0.25, 0.3) is 0 Å². The smallest absolute Gasteiger partial charge is 0.251 e. The van der Waals surface area contributed by atoms with Gasteiger partial charge in [-0.15, -0.1) is 0 Å². The average molecular weight is 1760 g/mol. The van der Waals surface area contributed by atoms with Gasteiger partial charge in [-0.05, 0) is 193 Å². The lowest BCUT2D eigenvalue weighted by molar-refractivity contribution is -0.157. The predicted molar refractivity (Wildman–Crippen MR) is 509 cm³/mol. The highest BCUT2D eigenvalue weighted by Crippen LogP contribution is 2.56. The first-order valence-electron chi connectivity index (χ1n) is 46.7. The van der Waals surface area contributed by atoms with Gasteiger partial charge in [-0.3, -0.25) is 57.5 Å². The van der Waals surface area contributed by atoms with Gasteiger partial charge in [-0.2, -0.15) is 0 Å². The fraction of sp³-hybridized carbons (Fsp3) is 0.627. The fourth-order valence-electron chi connectivity index (χ4n) is 17.7. The third kappa shape index (κ3) is 30.4. The third-order valence-electron chi connectivity index (χ3n) is 25.5. The number of benzene rings is 4. The van der Waals surface area contributed by atoms with E-state index in [4.69, 9.17) is 0 Å². The number of unbranched alkanes of at least 4 members (excludes halogenated alkanes) is 5. The third-order valence-corrected chi connectivity index (χ3v) is 30.0. The summed E-state index contributed by atoms with van der Waals surface area (Å²) < 4.78 is 0. The maximum atomic E-state index is 16.0. The number of carbonyl (C=O) groups excluding carboxylic acids is 12. The van der Waals surface area contributed by atoms with Gasteiger partial charge in [0.2, 0.25) is 47.3 Å². The summed E-state index contributed by atoms with van der Waals surface area (Å²) in [6.45, 7) is 33.0. The highest BCUT2D eigenvalue weighted by atomic mass is 31.2. The second-order valence-corrected chi connectivity index (χ2v) is 41.8.